The van der Waals surface area contributed by atoms with E-state index in [1.54, 1.807) is 21.9 Å². The van der Waals surface area contributed by atoms with E-state index < -0.39 is 5.60 Å². The second-order valence-electron chi connectivity index (χ2n) is 10.9. The Labute approximate surface area is 233 Å². The number of rotatable bonds is 3. The van der Waals surface area contributed by atoms with Gasteiger partial charge in [-0.1, -0.05) is 23.5 Å². The molecule has 204 valence electrons. The smallest absolute Gasteiger partial charge is 0.410 e. The van der Waals surface area contributed by atoms with Crippen LogP contribution in [0.15, 0.2) is 36.4 Å². The second kappa shape index (κ2) is 11.0. The van der Waals surface area contributed by atoms with Gasteiger partial charge < -0.3 is 14.5 Å². The highest BCUT2D eigenvalue weighted by atomic mass is 32.1. The summed E-state index contributed by atoms with van der Waals surface area (Å²) in [7, 11) is 0. The number of ether oxygens (including phenoxy) is 1. The summed E-state index contributed by atoms with van der Waals surface area (Å²) in [6.07, 6.45) is -0.376. The first-order valence-corrected chi connectivity index (χ1v) is 13.7. The SMILES string of the molecule is Cc1cc(-c2sc(NC(=O)N3C[C@@H](C)N(C(=O)OC(C)(C)C)C[C@@H]3C)nc2-c2cccc(C#N)c2)cc(C)n1. The van der Waals surface area contributed by atoms with E-state index in [0.717, 1.165) is 27.4 Å². The van der Waals surface area contributed by atoms with Crippen LogP contribution in [0.3, 0.4) is 0 Å². The molecule has 3 amide bonds. The minimum atomic E-state index is -0.590. The van der Waals surface area contributed by atoms with Crippen molar-refractivity contribution in [3.63, 3.8) is 0 Å². The predicted octanol–water partition coefficient (Wildman–Crippen LogP) is 6.22. The minimum absolute atomic E-state index is 0.208. The quantitative estimate of drug-likeness (QED) is 0.417. The van der Waals surface area contributed by atoms with Crippen molar-refractivity contribution in [2.24, 2.45) is 0 Å². The zero-order valence-corrected chi connectivity index (χ0v) is 24.2. The molecule has 1 aromatic carbocycles. The minimum Gasteiger partial charge on any atom is -0.444 e. The summed E-state index contributed by atoms with van der Waals surface area (Å²) < 4.78 is 5.56. The molecule has 1 fully saturated rings. The maximum atomic E-state index is 13.4. The van der Waals surface area contributed by atoms with E-state index in [1.165, 1.54) is 11.3 Å². The molecule has 1 aliphatic rings. The number of aromatic nitrogens is 2. The predicted molar refractivity (Wildman–Crippen MR) is 153 cm³/mol. The third-order valence-corrected chi connectivity index (χ3v) is 7.34. The highest BCUT2D eigenvalue weighted by Crippen LogP contribution is 2.40. The average molecular weight is 547 g/mol. The molecule has 2 aromatic heterocycles. The number of hydrogen-bond donors (Lipinski definition) is 1. The number of pyridine rings is 1. The standard InChI is InChI=1S/C29H34N6O3S/c1-17-11-23(12-18(2)31-17)25-24(22-10-8-9-21(13-22)14-30)32-26(39-25)33-27(36)34-15-20(4)35(16-19(34)3)28(37)38-29(5,6)7/h8-13,19-20H,15-16H2,1-7H3,(H,32,33,36)/t19-,20+/m0/s1. The van der Waals surface area contributed by atoms with E-state index in [2.05, 4.69) is 16.4 Å². The Morgan fingerprint density at radius 3 is 2.31 bits per heavy atom. The fraction of sp³-hybridized carbons (Fsp3) is 0.414. The van der Waals surface area contributed by atoms with E-state index in [1.807, 2.05) is 72.7 Å². The molecule has 2 atom stereocenters. The molecular formula is C29H34N6O3S. The fourth-order valence-corrected chi connectivity index (χ4v) is 5.58. The van der Waals surface area contributed by atoms with Crippen molar-refractivity contribution in [2.45, 2.75) is 66.2 Å². The zero-order chi connectivity index (χ0) is 28.5. The third-order valence-electron chi connectivity index (χ3n) is 6.32. The van der Waals surface area contributed by atoms with Crippen molar-refractivity contribution < 1.29 is 14.3 Å². The molecule has 3 aromatic rings. The van der Waals surface area contributed by atoms with E-state index in [-0.39, 0.29) is 24.2 Å². The van der Waals surface area contributed by atoms with Crippen LogP contribution < -0.4 is 5.32 Å². The Bertz CT molecular complexity index is 1420. The van der Waals surface area contributed by atoms with E-state index in [4.69, 9.17) is 9.72 Å². The molecule has 1 aliphatic heterocycles. The Hall–Kier alpha value is -3.97. The van der Waals surface area contributed by atoms with Gasteiger partial charge >= 0.3 is 12.1 Å². The molecule has 4 rings (SSSR count). The number of carbonyl (C=O) groups excluding carboxylic acids is 2. The lowest BCUT2D eigenvalue weighted by Crippen LogP contribution is -2.60. The lowest BCUT2D eigenvalue weighted by molar-refractivity contribution is -0.00241. The van der Waals surface area contributed by atoms with Gasteiger partial charge in [0.2, 0.25) is 0 Å². The van der Waals surface area contributed by atoms with E-state index >= 15 is 0 Å². The van der Waals surface area contributed by atoms with Crippen LogP contribution in [0.1, 0.15) is 51.6 Å². The number of thiazole rings is 1. The maximum absolute atomic E-state index is 13.4. The lowest BCUT2D eigenvalue weighted by Gasteiger charge is -2.43. The van der Waals surface area contributed by atoms with Crippen molar-refractivity contribution >= 4 is 28.6 Å². The molecule has 1 N–H and O–H groups in total. The van der Waals surface area contributed by atoms with Gasteiger partial charge in [0.25, 0.3) is 0 Å². The number of anilines is 1. The van der Waals surface area contributed by atoms with Gasteiger partial charge in [-0.15, -0.1) is 0 Å². The molecule has 1 saturated heterocycles. The van der Waals surface area contributed by atoms with E-state index in [9.17, 15) is 14.9 Å². The molecule has 39 heavy (non-hydrogen) atoms. The summed E-state index contributed by atoms with van der Waals surface area (Å²) in [5.41, 5.74) is 4.13. The van der Waals surface area contributed by atoms with Crippen LogP contribution in [-0.2, 0) is 4.74 Å². The Kier molecular flexibility index (Phi) is 7.93. The maximum Gasteiger partial charge on any atom is 0.410 e. The van der Waals surface area contributed by atoms with Crippen LogP contribution in [0.25, 0.3) is 21.7 Å². The average Bonchev–Trinajstić information content (AvgIpc) is 3.27. The van der Waals surface area contributed by atoms with Gasteiger partial charge in [0, 0.05) is 42.1 Å². The topological polar surface area (TPSA) is 111 Å². The number of urea groups is 1. The molecule has 0 aliphatic carbocycles. The van der Waals surface area contributed by atoms with Gasteiger partial charge in [0.1, 0.15) is 5.60 Å². The van der Waals surface area contributed by atoms with Crippen molar-refractivity contribution in [3.8, 4) is 27.8 Å². The van der Waals surface area contributed by atoms with Gasteiger partial charge in [-0.2, -0.15) is 5.26 Å². The van der Waals surface area contributed by atoms with Crippen LogP contribution in [0.4, 0.5) is 14.7 Å². The summed E-state index contributed by atoms with van der Waals surface area (Å²) in [6, 6.07) is 12.7. The number of nitrogens with one attached hydrogen (secondary N) is 1. The van der Waals surface area contributed by atoms with Gasteiger partial charge in [0.15, 0.2) is 5.13 Å². The van der Waals surface area contributed by atoms with Crippen LogP contribution in [0.2, 0.25) is 0 Å². The summed E-state index contributed by atoms with van der Waals surface area (Å²) in [4.78, 5) is 39.7. The second-order valence-corrected chi connectivity index (χ2v) is 11.9. The van der Waals surface area contributed by atoms with Gasteiger partial charge in [0.05, 0.1) is 22.2 Å². The van der Waals surface area contributed by atoms with Crippen LogP contribution in [-0.4, -0.2) is 62.7 Å². The largest absolute Gasteiger partial charge is 0.444 e. The molecular weight excluding hydrogens is 512 g/mol. The van der Waals surface area contributed by atoms with Gasteiger partial charge in [-0.3, -0.25) is 10.3 Å². The number of carbonyl (C=O) groups is 2. The third kappa shape index (κ3) is 6.55. The molecule has 0 unspecified atom stereocenters. The molecule has 3 heterocycles. The number of piperazine rings is 1. The van der Waals surface area contributed by atoms with Gasteiger partial charge in [-0.25, -0.2) is 14.6 Å². The van der Waals surface area contributed by atoms with Crippen LogP contribution in [0.5, 0.6) is 0 Å². The fourth-order valence-electron chi connectivity index (χ4n) is 4.61. The van der Waals surface area contributed by atoms with Gasteiger partial charge in [-0.05, 0) is 78.3 Å². The first kappa shape index (κ1) is 28.0. The zero-order valence-electron chi connectivity index (χ0n) is 23.4. The Morgan fingerprint density at radius 1 is 1.03 bits per heavy atom. The lowest BCUT2D eigenvalue weighted by atomic mass is 10.0. The van der Waals surface area contributed by atoms with E-state index in [0.29, 0.717) is 29.5 Å². The number of hydrogen-bond acceptors (Lipinski definition) is 7. The summed E-state index contributed by atoms with van der Waals surface area (Å²) in [6.45, 7) is 14.0. The Balaban J connectivity index is 1.60. The molecule has 0 bridgehead atoms. The highest BCUT2D eigenvalue weighted by Gasteiger charge is 2.36. The van der Waals surface area contributed by atoms with Crippen LogP contribution >= 0.6 is 11.3 Å². The van der Waals surface area contributed by atoms with Crippen molar-refractivity contribution in [1.29, 1.82) is 5.26 Å². The Morgan fingerprint density at radius 2 is 1.67 bits per heavy atom. The summed E-state index contributed by atoms with van der Waals surface area (Å²) in [5, 5.41) is 12.9. The number of benzene rings is 1. The normalized spacial score (nSPS) is 17.5. The summed E-state index contributed by atoms with van der Waals surface area (Å²) in [5.74, 6) is 0. The van der Waals surface area contributed by atoms with Crippen molar-refractivity contribution in [2.75, 3.05) is 18.4 Å². The summed E-state index contributed by atoms with van der Waals surface area (Å²) >= 11 is 1.38. The highest BCUT2D eigenvalue weighted by molar-refractivity contribution is 7.19. The number of nitrogens with zero attached hydrogens (tertiary/aromatic N) is 5. The molecule has 0 radical (unpaired) electrons. The van der Waals surface area contributed by atoms with Crippen LogP contribution in [0, 0.1) is 25.2 Å². The molecule has 9 nitrogen and oxygen atoms in total. The number of aryl methyl sites for hydroxylation is 2. The van der Waals surface area contributed by atoms with Crippen molar-refractivity contribution in [1.82, 2.24) is 19.8 Å². The first-order valence-electron chi connectivity index (χ1n) is 12.9. The first-order chi connectivity index (χ1) is 18.3. The molecule has 0 saturated carbocycles. The molecule has 0 spiro atoms. The number of nitriles is 1. The molecule has 10 heteroatoms. The monoisotopic (exact) mass is 546 g/mol. The van der Waals surface area contributed by atoms with Crippen molar-refractivity contribution in [3.05, 3.63) is 53.3 Å². The number of amides is 3.